The average molecular weight is 176 g/mol. The van der Waals surface area contributed by atoms with E-state index in [2.05, 4.69) is 5.32 Å². The summed E-state index contributed by atoms with van der Waals surface area (Å²) in [6.45, 7) is 0.921. The van der Waals surface area contributed by atoms with Gasteiger partial charge >= 0.3 is 69.4 Å². The third kappa shape index (κ3) is 0.961. The second-order valence-corrected chi connectivity index (χ2v) is 3.27. The van der Waals surface area contributed by atoms with Gasteiger partial charge in [0.2, 0.25) is 0 Å². The van der Waals surface area contributed by atoms with Crippen molar-refractivity contribution >= 4 is 12.1 Å². The van der Waals surface area contributed by atoms with Gasteiger partial charge in [-0.2, -0.15) is 0 Å². The van der Waals surface area contributed by atoms with Crippen molar-refractivity contribution in [3.8, 4) is 0 Å². The zero-order valence-corrected chi connectivity index (χ0v) is 6.74. The number of rotatable bonds is 0. The first-order valence-electron chi connectivity index (χ1n) is 2.75. The number of carboxylic acid groups (broad SMARTS) is 1. The van der Waals surface area contributed by atoms with Gasteiger partial charge in [-0.05, 0) is 0 Å². The Labute approximate surface area is 69.8 Å². The van der Waals surface area contributed by atoms with Crippen molar-refractivity contribution < 1.29 is 33.6 Å². The summed E-state index contributed by atoms with van der Waals surface area (Å²) in [5, 5.41) is 20.2. The Morgan fingerprint density at radius 3 is 2.70 bits per heavy atom. The fourth-order valence-electron chi connectivity index (χ4n) is 0.771. The molecule has 1 atom stereocenters. The monoisotopic (exact) mass is 176 g/mol. The van der Waals surface area contributed by atoms with E-state index in [0.717, 1.165) is 0 Å². The molecule has 1 heterocycles. The van der Waals surface area contributed by atoms with Crippen LogP contribution in [0.3, 0.4) is 0 Å². The predicted molar refractivity (Wildman–Crippen MR) is 26.3 cm³/mol. The molecule has 0 aromatic carbocycles. The van der Waals surface area contributed by atoms with Gasteiger partial charge in [-0.15, -0.1) is 0 Å². The SMILES string of the molecule is N=C1NCC[N+]1([Ti])C(=O)[O-]. The Morgan fingerprint density at radius 2 is 2.50 bits per heavy atom. The maximum absolute atomic E-state index is 10.4. The Kier molecular flexibility index (Phi) is 1.80. The molecule has 1 aliphatic heterocycles. The average Bonchev–Trinajstić information content (AvgIpc) is 2.15. The van der Waals surface area contributed by atoms with Crippen molar-refractivity contribution in [1.82, 2.24) is 5.32 Å². The molecule has 1 saturated heterocycles. The predicted octanol–water partition coefficient (Wildman–Crippen LogP) is -1.85. The number of nitrogens with one attached hydrogen (secondary N) is 2. The number of carbonyl (C=O) groups excluding carboxylic acids is 1. The topological polar surface area (TPSA) is 76.0 Å². The zero-order valence-electron chi connectivity index (χ0n) is 5.18. The van der Waals surface area contributed by atoms with Crippen LogP contribution in [0.2, 0.25) is 0 Å². The molecule has 0 saturated carbocycles. The number of guanidine groups is 1. The molecule has 1 fully saturated rings. The van der Waals surface area contributed by atoms with Crippen molar-refractivity contribution in [3.63, 3.8) is 0 Å². The summed E-state index contributed by atoms with van der Waals surface area (Å²) in [5.41, 5.74) is 0. The number of nitrogens with zero attached hydrogens (tertiary/aromatic N) is 1. The van der Waals surface area contributed by atoms with Crippen LogP contribution < -0.4 is 10.4 Å². The Balaban J connectivity index is 2.86. The zero-order chi connectivity index (χ0) is 7.78. The van der Waals surface area contributed by atoms with Crippen LogP contribution in [0.25, 0.3) is 0 Å². The van der Waals surface area contributed by atoms with Gasteiger partial charge in [-0.1, -0.05) is 0 Å². The fourth-order valence-corrected chi connectivity index (χ4v) is 1.07. The van der Waals surface area contributed by atoms with Crippen molar-refractivity contribution in [2.45, 2.75) is 0 Å². The molecular weight excluding hydrogens is 170 g/mol. The van der Waals surface area contributed by atoms with Crippen molar-refractivity contribution in [1.29, 1.82) is 5.41 Å². The van der Waals surface area contributed by atoms with Gasteiger partial charge in [0.15, 0.2) is 0 Å². The van der Waals surface area contributed by atoms with E-state index >= 15 is 0 Å². The second-order valence-electron chi connectivity index (χ2n) is 2.07. The van der Waals surface area contributed by atoms with Crippen LogP contribution >= 0.6 is 0 Å². The van der Waals surface area contributed by atoms with Crippen molar-refractivity contribution in [2.75, 3.05) is 13.1 Å². The molecule has 10 heavy (non-hydrogen) atoms. The number of amides is 1. The van der Waals surface area contributed by atoms with E-state index in [0.29, 0.717) is 13.1 Å². The van der Waals surface area contributed by atoms with E-state index in [1.807, 2.05) is 0 Å². The molecule has 1 rings (SSSR count). The number of hydrogen-bond acceptors (Lipinski definition) is 3. The van der Waals surface area contributed by atoms with Crippen LogP contribution in [0, 0.1) is 5.41 Å². The molecule has 0 bridgehead atoms. The van der Waals surface area contributed by atoms with Gasteiger partial charge in [-0.25, -0.2) is 0 Å². The summed E-state index contributed by atoms with van der Waals surface area (Å²) in [7, 11) is 0. The van der Waals surface area contributed by atoms with Crippen LogP contribution in [0.15, 0.2) is 0 Å². The van der Waals surface area contributed by atoms with Gasteiger partial charge in [0.1, 0.15) is 0 Å². The molecule has 0 spiro atoms. The molecule has 5 nitrogen and oxygen atoms in total. The van der Waals surface area contributed by atoms with E-state index in [1.165, 1.54) is 20.7 Å². The summed E-state index contributed by atoms with van der Waals surface area (Å²) >= 11 is 1.44. The summed E-state index contributed by atoms with van der Waals surface area (Å²) in [4.78, 5) is 10.4. The van der Waals surface area contributed by atoms with Crippen LogP contribution in [0.5, 0.6) is 0 Å². The van der Waals surface area contributed by atoms with Gasteiger partial charge in [-0.3, -0.25) is 0 Å². The quantitative estimate of drug-likeness (QED) is 0.425. The minimum absolute atomic E-state index is 0.000000000000000666. The molecule has 0 aliphatic carbocycles. The number of quaternary nitrogens is 1. The first-order chi connectivity index (χ1) is 4.57. The Bertz CT molecular complexity index is 195. The molecule has 1 unspecified atom stereocenters. The normalized spacial score (nSPS) is 31.7. The van der Waals surface area contributed by atoms with Crippen molar-refractivity contribution in [2.24, 2.45) is 0 Å². The number of carbonyl (C=O) groups is 1. The van der Waals surface area contributed by atoms with Crippen LogP contribution in [0.1, 0.15) is 0 Å². The molecule has 53 valence electrons. The molecule has 0 radical (unpaired) electrons. The van der Waals surface area contributed by atoms with Gasteiger partial charge in [0, 0.05) is 0 Å². The van der Waals surface area contributed by atoms with Gasteiger partial charge < -0.3 is 0 Å². The molecule has 2 N–H and O–H groups in total. The summed E-state index contributed by atoms with van der Waals surface area (Å²) < 4.78 is -0.431. The van der Waals surface area contributed by atoms with E-state index in [9.17, 15) is 9.90 Å². The molecule has 1 aliphatic rings. The summed E-state index contributed by atoms with van der Waals surface area (Å²) in [6, 6.07) is 0. The summed E-state index contributed by atoms with van der Waals surface area (Å²) in [5.74, 6) is 0.000000000000000666. The van der Waals surface area contributed by atoms with E-state index < -0.39 is 9.06 Å². The third-order valence-corrected chi connectivity index (χ3v) is 2.42. The standard InChI is InChI=1S/C4H7N3O2.Ti/c5-3-6-1-2-7(3)4(8)9;/h1-2H2,(H2,5,6)(H,8,9);/q;+1/p-1. The van der Waals surface area contributed by atoms with Gasteiger partial charge in [0.05, 0.1) is 0 Å². The Hall–Kier alpha value is -0.386. The maximum atomic E-state index is 10.4. The third-order valence-electron chi connectivity index (χ3n) is 1.43. The first kappa shape index (κ1) is 7.72. The minimum atomic E-state index is -1.23. The van der Waals surface area contributed by atoms with Crippen LogP contribution in [-0.4, -0.2) is 28.1 Å². The molecule has 0 aromatic heterocycles. The molecule has 0 aromatic rings. The summed E-state index contributed by atoms with van der Waals surface area (Å²) in [6.07, 6.45) is -1.23. The van der Waals surface area contributed by atoms with Gasteiger partial charge in [0.25, 0.3) is 0 Å². The van der Waals surface area contributed by atoms with Crippen molar-refractivity contribution in [3.05, 3.63) is 0 Å². The second kappa shape index (κ2) is 2.34. The molecular formula is C4H6N3O2Ti. The Morgan fingerprint density at radius 1 is 1.90 bits per heavy atom. The van der Waals surface area contributed by atoms with Crippen LogP contribution in [-0.2, 0) is 20.7 Å². The van der Waals surface area contributed by atoms with E-state index in [-0.39, 0.29) is 5.96 Å². The number of hydrogen-bond donors (Lipinski definition) is 2. The molecule has 6 heteroatoms. The van der Waals surface area contributed by atoms with E-state index in [4.69, 9.17) is 5.41 Å². The fraction of sp³-hybridized carbons (Fsp3) is 0.500. The first-order valence-corrected chi connectivity index (χ1v) is 3.45. The molecule has 1 amide bonds. The van der Waals surface area contributed by atoms with Crippen LogP contribution in [0.4, 0.5) is 4.79 Å². The van der Waals surface area contributed by atoms with E-state index in [1.54, 1.807) is 0 Å².